The standard InChI is InChI=1S/C12H23N5/c1-5-10-15-11(14-7-6-8(2)3)9(4)12(16-10)17-13/h8H,5-7,13H2,1-4H3,(H2,14,15,16,17). The van der Waals surface area contributed by atoms with Gasteiger partial charge in [-0.1, -0.05) is 20.8 Å². The zero-order chi connectivity index (χ0) is 12.8. The monoisotopic (exact) mass is 237 g/mol. The lowest BCUT2D eigenvalue weighted by Gasteiger charge is -2.13. The molecule has 0 saturated carbocycles. The first-order valence-electron chi connectivity index (χ1n) is 6.16. The van der Waals surface area contributed by atoms with E-state index in [1.165, 1.54) is 0 Å². The number of nitrogens with zero attached hydrogens (tertiary/aromatic N) is 2. The average Bonchev–Trinajstić information content (AvgIpc) is 2.31. The van der Waals surface area contributed by atoms with Crippen molar-refractivity contribution in [3.05, 3.63) is 11.4 Å². The largest absolute Gasteiger partial charge is 0.370 e. The van der Waals surface area contributed by atoms with E-state index in [0.717, 1.165) is 36.6 Å². The minimum absolute atomic E-state index is 0.683. The molecule has 0 saturated heterocycles. The van der Waals surface area contributed by atoms with Gasteiger partial charge in [0.25, 0.3) is 0 Å². The van der Waals surface area contributed by atoms with E-state index in [0.29, 0.717) is 11.7 Å². The second-order valence-electron chi connectivity index (χ2n) is 4.57. The van der Waals surface area contributed by atoms with Crippen LogP contribution in [-0.4, -0.2) is 16.5 Å². The predicted molar refractivity (Wildman–Crippen MR) is 71.9 cm³/mol. The molecule has 1 heterocycles. The highest BCUT2D eigenvalue weighted by atomic mass is 15.3. The Bertz CT molecular complexity index is 362. The SMILES string of the molecule is CCc1nc(NN)c(C)c(NCCC(C)C)n1. The summed E-state index contributed by atoms with van der Waals surface area (Å²) in [4.78, 5) is 8.80. The van der Waals surface area contributed by atoms with E-state index in [1.54, 1.807) is 0 Å². The highest BCUT2D eigenvalue weighted by Crippen LogP contribution is 2.19. The summed E-state index contributed by atoms with van der Waals surface area (Å²) < 4.78 is 0. The maximum absolute atomic E-state index is 5.45. The molecule has 0 aliphatic heterocycles. The van der Waals surface area contributed by atoms with Gasteiger partial charge in [0, 0.05) is 18.5 Å². The lowest BCUT2D eigenvalue weighted by Crippen LogP contribution is -2.15. The van der Waals surface area contributed by atoms with Crippen molar-refractivity contribution in [1.29, 1.82) is 0 Å². The Labute approximate surface area is 103 Å². The Balaban J connectivity index is 2.82. The normalized spacial score (nSPS) is 10.7. The van der Waals surface area contributed by atoms with Crippen LogP contribution in [0.15, 0.2) is 0 Å². The summed E-state index contributed by atoms with van der Waals surface area (Å²) in [6.07, 6.45) is 1.92. The van der Waals surface area contributed by atoms with Gasteiger partial charge in [0.05, 0.1) is 0 Å². The molecule has 1 rings (SSSR count). The van der Waals surface area contributed by atoms with Crippen LogP contribution in [0.4, 0.5) is 11.6 Å². The van der Waals surface area contributed by atoms with Crippen LogP contribution in [0.5, 0.6) is 0 Å². The molecule has 4 N–H and O–H groups in total. The number of hydrogen-bond donors (Lipinski definition) is 3. The fourth-order valence-corrected chi connectivity index (χ4v) is 1.51. The Morgan fingerprint density at radius 1 is 1.24 bits per heavy atom. The lowest BCUT2D eigenvalue weighted by atomic mass is 10.1. The lowest BCUT2D eigenvalue weighted by molar-refractivity contribution is 0.606. The quantitative estimate of drug-likeness (QED) is 0.522. The Kier molecular flexibility index (Phi) is 5.15. The first kappa shape index (κ1) is 13.7. The molecule has 0 aromatic carbocycles. The first-order chi connectivity index (χ1) is 8.08. The van der Waals surface area contributed by atoms with Crippen LogP contribution in [0.3, 0.4) is 0 Å². The van der Waals surface area contributed by atoms with Crippen LogP contribution < -0.4 is 16.6 Å². The molecule has 0 bridgehead atoms. The summed E-state index contributed by atoms with van der Waals surface area (Å²) in [5.74, 6) is 8.51. The summed E-state index contributed by atoms with van der Waals surface area (Å²) >= 11 is 0. The maximum atomic E-state index is 5.45. The molecule has 0 spiro atoms. The molecule has 5 heteroatoms. The molecular formula is C12H23N5. The van der Waals surface area contributed by atoms with Crippen molar-refractivity contribution in [3.63, 3.8) is 0 Å². The molecule has 1 aromatic heterocycles. The van der Waals surface area contributed by atoms with Gasteiger partial charge in [-0.25, -0.2) is 15.8 Å². The van der Waals surface area contributed by atoms with E-state index in [4.69, 9.17) is 5.84 Å². The third-order valence-corrected chi connectivity index (χ3v) is 2.66. The molecule has 0 aliphatic carbocycles. The van der Waals surface area contributed by atoms with Crippen molar-refractivity contribution < 1.29 is 0 Å². The van der Waals surface area contributed by atoms with E-state index in [2.05, 4.69) is 34.6 Å². The van der Waals surface area contributed by atoms with Gasteiger partial charge in [-0.15, -0.1) is 0 Å². The number of rotatable bonds is 6. The van der Waals surface area contributed by atoms with Gasteiger partial charge >= 0.3 is 0 Å². The second-order valence-corrected chi connectivity index (χ2v) is 4.57. The second kappa shape index (κ2) is 6.39. The van der Waals surface area contributed by atoms with Crippen molar-refractivity contribution >= 4 is 11.6 Å². The molecule has 0 radical (unpaired) electrons. The topological polar surface area (TPSA) is 75.9 Å². The summed E-state index contributed by atoms with van der Waals surface area (Å²) in [5, 5.41) is 3.35. The van der Waals surface area contributed by atoms with Crippen molar-refractivity contribution in [3.8, 4) is 0 Å². The van der Waals surface area contributed by atoms with Gasteiger partial charge in [-0.3, -0.25) is 0 Å². The zero-order valence-electron chi connectivity index (χ0n) is 11.2. The smallest absolute Gasteiger partial charge is 0.148 e. The molecular weight excluding hydrogens is 214 g/mol. The molecule has 0 atom stereocenters. The maximum Gasteiger partial charge on any atom is 0.148 e. The minimum atomic E-state index is 0.683. The van der Waals surface area contributed by atoms with E-state index >= 15 is 0 Å². The number of anilines is 2. The summed E-state index contributed by atoms with van der Waals surface area (Å²) in [6, 6.07) is 0. The van der Waals surface area contributed by atoms with Gasteiger partial charge in [-0.2, -0.15) is 0 Å². The number of nitrogens with one attached hydrogen (secondary N) is 2. The fourth-order valence-electron chi connectivity index (χ4n) is 1.51. The number of nitrogen functional groups attached to an aromatic ring is 1. The zero-order valence-corrected chi connectivity index (χ0v) is 11.2. The van der Waals surface area contributed by atoms with Crippen LogP contribution in [0, 0.1) is 12.8 Å². The Morgan fingerprint density at radius 3 is 2.41 bits per heavy atom. The van der Waals surface area contributed by atoms with Gasteiger partial charge in [0.2, 0.25) is 0 Å². The van der Waals surface area contributed by atoms with Crippen molar-refractivity contribution in [2.24, 2.45) is 11.8 Å². The van der Waals surface area contributed by atoms with Gasteiger partial charge in [0.1, 0.15) is 17.5 Å². The van der Waals surface area contributed by atoms with Crippen molar-refractivity contribution in [2.45, 2.75) is 40.5 Å². The van der Waals surface area contributed by atoms with Crippen LogP contribution in [0.1, 0.15) is 38.6 Å². The molecule has 0 aliphatic rings. The molecule has 1 aromatic rings. The molecule has 5 nitrogen and oxygen atoms in total. The Morgan fingerprint density at radius 2 is 1.88 bits per heavy atom. The highest BCUT2D eigenvalue weighted by molar-refractivity contribution is 5.56. The predicted octanol–water partition coefficient (Wildman–Crippen LogP) is 2.09. The summed E-state index contributed by atoms with van der Waals surface area (Å²) in [5.41, 5.74) is 3.58. The van der Waals surface area contributed by atoms with Crippen LogP contribution in [-0.2, 0) is 6.42 Å². The van der Waals surface area contributed by atoms with Crippen molar-refractivity contribution in [2.75, 3.05) is 17.3 Å². The van der Waals surface area contributed by atoms with Crippen LogP contribution >= 0.6 is 0 Å². The number of aryl methyl sites for hydroxylation is 1. The third kappa shape index (κ3) is 3.85. The van der Waals surface area contributed by atoms with Crippen LogP contribution in [0.2, 0.25) is 0 Å². The van der Waals surface area contributed by atoms with Gasteiger partial charge in [-0.05, 0) is 19.3 Å². The summed E-state index contributed by atoms with van der Waals surface area (Å²) in [7, 11) is 0. The average molecular weight is 237 g/mol. The number of hydrogen-bond acceptors (Lipinski definition) is 5. The number of hydrazine groups is 1. The van der Waals surface area contributed by atoms with E-state index < -0.39 is 0 Å². The number of aromatic nitrogens is 2. The van der Waals surface area contributed by atoms with E-state index in [1.807, 2.05) is 13.8 Å². The fraction of sp³-hybridized carbons (Fsp3) is 0.667. The van der Waals surface area contributed by atoms with Crippen molar-refractivity contribution in [1.82, 2.24) is 9.97 Å². The number of nitrogens with two attached hydrogens (primary N) is 1. The highest BCUT2D eigenvalue weighted by Gasteiger charge is 2.08. The van der Waals surface area contributed by atoms with Gasteiger partial charge in [0.15, 0.2) is 0 Å². The molecule has 0 amide bonds. The van der Waals surface area contributed by atoms with Gasteiger partial charge < -0.3 is 10.7 Å². The molecule has 0 unspecified atom stereocenters. The van der Waals surface area contributed by atoms with E-state index in [-0.39, 0.29) is 0 Å². The first-order valence-corrected chi connectivity index (χ1v) is 6.16. The molecule has 96 valence electrons. The Hall–Kier alpha value is -1.36. The molecule has 0 fully saturated rings. The minimum Gasteiger partial charge on any atom is -0.370 e. The molecule has 17 heavy (non-hydrogen) atoms. The summed E-state index contributed by atoms with van der Waals surface area (Å²) in [6.45, 7) is 9.33. The van der Waals surface area contributed by atoms with E-state index in [9.17, 15) is 0 Å². The third-order valence-electron chi connectivity index (χ3n) is 2.66. The van der Waals surface area contributed by atoms with Crippen LogP contribution in [0.25, 0.3) is 0 Å².